The van der Waals surface area contributed by atoms with Crippen molar-refractivity contribution in [3.63, 3.8) is 0 Å². The van der Waals surface area contributed by atoms with Crippen molar-refractivity contribution >= 4 is 17.3 Å². The number of rotatable bonds is 6. The Bertz CT molecular complexity index is 641. The molecule has 0 spiro atoms. The Morgan fingerprint density at radius 1 is 1.13 bits per heavy atom. The van der Waals surface area contributed by atoms with Crippen LogP contribution in [-0.2, 0) is 12.8 Å². The van der Waals surface area contributed by atoms with Crippen LogP contribution in [0.25, 0.3) is 0 Å². The lowest BCUT2D eigenvalue weighted by Crippen LogP contribution is -2.39. The van der Waals surface area contributed by atoms with E-state index < -0.39 is 0 Å². The number of thiazole rings is 1. The molecule has 0 aliphatic heterocycles. The first kappa shape index (κ1) is 17.5. The second-order valence-corrected chi connectivity index (χ2v) is 6.95. The highest BCUT2D eigenvalue weighted by molar-refractivity contribution is 7.11. The highest BCUT2D eigenvalue weighted by atomic mass is 32.1. The number of hydrogen-bond donors (Lipinski definition) is 2. The highest BCUT2D eigenvalue weighted by Gasteiger charge is 2.04. The van der Waals surface area contributed by atoms with Crippen molar-refractivity contribution in [2.45, 2.75) is 33.6 Å². The molecule has 0 aliphatic carbocycles. The summed E-state index contributed by atoms with van der Waals surface area (Å²) in [7, 11) is 1.81. The Hall–Kier alpha value is -1.88. The monoisotopic (exact) mass is 330 g/mol. The average molecular weight is 331 g/mol. The summed E-state index contributed by atoms with van der Waals surface area (Å²) in [4.78, 5) is 10.1. The molecular weight excluding hydrogens is 304 g/mol. The van der Waals surface area contributed by atoms with Gasteiger partial charge in [0.2, 0.25) is 0 Å². The molecule has 0 saturated carbocycles. The average Bonchev–Trinajstić information content (AvgIpc) is 2.84. The van der Waals surface area contributed by atoms with Gasteiger partial charge >= 0.3 is 0 Å². The Balaban J connectivity index is 1.71. The predicted molar refractivity (Wildman–Crippen MR) is 99.5 cm³/mol. The normalized spacial score (nSPS) is 11.6. The lowest BCUT2D eigenvalue weighted by atomic mass is 10.1. The van der Waals surface area contributed by atoms with Crippen LogP contribution in [0.5, 0.6) is 0 Å². The van der Waals surface area contributed by atoms with Gasteiger partial charge in [-0.15, -0.1) is 11.3 Å². The number of guanidine groups is 1. The van der Waals surface area contributed by atoms with Crippen molar-refractivity contribution < 1.29 is 0 Å². The van der Waals surface area contributed by atoms with Crippen LogP contribution in [0.4, 0.5) is 0 Å². The summed E-state index contributed by atoms with van der Waals surface area (Å²) in [6.07, 6.45) is 1.92. The second kappa shape index (κ2) is 8.67. The van der Waals surface area contributed by atoms with E-state index in [1.165, 1.54) is 21.0 Å². The van der Waals surface area contributed by atoms with Gasteiger partial charge in [-0.05, 0) is 32.8 Å². The summed E-state index contributed by atoms with van der Waals surface area (Å²) in [5.41, 5.74) is 3.80. The zero-order valence-electron chi connectivity index (χ0n) is 14.4. The lowest BCUT2D eigenvalue weighted by molar-refractivity contribution is 0.781. The third-order valence-corrected chi connectivity index (χ3v) is 4.85. The Morgan fingerprint density at radius 3 is 2.48 bits per heavy atom. The Morgan fingerprint density at radius 2 is 1.87 bits per heavy atom. The van der Waals surface area contributed by atoms with E-state index >= 15 is 0 Å². The standard InChI is InChI=1S/C18H26N4S/c1-13-6-5-7-16(12-13)8-10-20-18(19-4)21-11-9-17-22-14(2)15(3)23-17/h5-7,12H,8-11H2,1-4H3,(H2,19,20,21). The summed E-state index contributed by atoms with van der Waals surface area (Å²) in [5.74, 6) is 0.850. The van der Waals surface area contributed by atoms with Crippen LogP contribution in [0, 0.1) is 20.8 Å². The van der Waals surface area contributed by atoms with Gasteiger partial charge in [0, 0.05) is 31.4 Å². The molecule has 0 bridgehead atoms. The fraction of sp³-hybridized carbons (Fsp3) is 0.444. The molecule has 2 aromatic rings. The molecular formula is C18H26N4S. The molecule has 4 nitrogen and oxygen atoms in total. The van der Waals surface area contributed by atoms with Crippen molar-refractivity contribution in [3.8, 4) is 0 Å². The van der Waals surface area contributed by atoms with E-state index in [2.05, 4.69) is 65.6 Å². The molecule has 5 heteroatoms. The number of nitrogens with zero attached hydrogens (tertiary/aromatic N) is 2. The van der Waals surface area contributed by atoms with Gasteiger partial charge in [-0.2, -0.15) is 0 Å². The molecule has 0 saturated heterocycles. The van der Waals surface area contributed by atoms with Gasteiger partial charge in [0.05, 0.1) is 10.7 Å². The van der Waals surface area contributed by atoms with Crippen LogP contribution in [0.1, 0.15) is 26.7 Å². The molecule has 0 atom stereocenters. The van der Waals surface area contributed by atoms with Crippen molar-refractivity contribution in [1.82, 2.24) is 15.6 Å². The first-order valence-corrected chi connectivity index (χ1v) is 8.83. The van der Waals surface area contributed by atoms with Gasteiger partial charge in [0.25, 0.3) is 0 Å². The van der Waals surface area contributed by atoms with E-state index in [4.69, 9.17) is 0 Å². The predicted octanol–water partition coefficient (Wildman–Crippen LogP) is 3.02. The van der Waals surface area contributed by atoms with Crippen molar-refractivity contribution in [1.29, 1.82) is 0 Å². The highest BCUT2D eigenvalue weighted by Crippen LogP contribution is 2.16. The third kappa shape index (κ3) is 5.67. The molecule has 124 valence electrons. The molecule has 23 heavy (non-hydrogen) atoms. The Labute approximate surface area is 143 Å². The molecule has 0 fully saturated rings. The largest absolute Gasteiger partial charge is 0.356 e. The molecule has 2 rings (SSSR count). The fourth-order valence-corrected chi connectivity index (χ4v) is 3.28. The van der Waals surface area contributed by atoms with Gasteiger partial charge in [-0.1, -0.05) is 29.8 Å². The lowest BCUT2D eigenvalue weighted by Gasteiger charge is -2.11. The topological polar surface area (TPSA) is 49.3 Å². The minimum atomic E-state index is 0.844. The number of aliphatic imine (C=N–C) groups is 1. The van der Waals surface area contributed by atoms with Crippen molar-refractivity contribution in [2.24, 2.45) is 4.99 Å². The van der Waals surface area contributed by atoms with Gasteiger partial charge in [-0.25, -0.2) is 4.98 Å². The van der Waals surface area contributed by atoms with Crippen LogP contribution in [-0.4, -0.2) is 31.1 Å². The number of aromatic nitrogens is 1. The number of nitrogens with one attached hydrogen (secondary N) is 2. The smallest absolute Gasteiger partial charge is 0.191 e. The first-order valence-electron chi connectivity index (χ1n) is 8.01. The van der Waals surface area contributed by atoms with Gasteiger partial charge in [0.1, 0.15) is 0 Å². The molecule has 1 heterocycles. The maximum Gasteiger partial charge on any atom is 0.191 e. The van der Waals surface area contributed by atoms with Crippen molar-refractivity contribution in [3.05, 3.63) is 51.0 Å². The molecule has 0 aliphatic rings. The third-order valence-electron chi connectivity index (χ3n) is 3.72. The minimum Gasteiger partial charge on any atom is -0.356 e. The van der Waals surface area contributed by atoms with Crippen LogP contribution in [0.15, 0.2) is 29.3 Å². The zero-order chi connectivity index (χ0) is 16.7. The number of benzene rings is 1. The van der Waals surface area contributed by atoms with E-state index in [9.17, 15) is 0 Å². The maximum absolute atomic E-state index is 4.56. The molecule has 2 N–H and O–H groups in total. The number of hydrogen-bond acceptors (Lipinski definition) is 3. The van der Waals surface area contributed by atoms with Crippen LogP contribution in [0.3, 0.4) is 0 Å². The molecule has 0 radical (unpaired) electrons. The molecule has 0 amide bonds. The molecule has 1 aromatic heterocycles. The SMILES string of the molecule is CN=C(NCCc1cccc(C)c1)NCCc1nc(C)c(C)s1. The van der Waals surface area contributed by atoms with Gasteiger partial charge in [-0.3, -0.25) is 4.99 Å². The summed E-state index contributed by atoms with van der Waals surface area (Å²) >= 11 is 1.78. The number of aryl methyl sites for hydroxylation is 3. The van der Waals surface area contributed by atoms with Gasteiger partial charge in [0.15, 0.2) is 5.96 Å². The van der Waals surface area contributed by atoms with Crippen LogP contribution < -0.4 is 10.6 Å². The summed E-state index contributed by atoms with van der Waals surface area (Å²) < 4.78 is 0. The van der Waals surface area contributed by atoms with E-state index in [1.807, 2.05) is 0 Å². The van der Waals surface area contributed by atoms with Crippen LogP contribution in [0.2, 0.25) is 0 Å². The first-order chi connectivity index (χ1) is 11.1. The van der Waals surface area contributed by atoms with Gasteiger partial charge < -0.3 is 10.6 Å². The van der Waals surface area contributed by atoms with Crippen molar-refractivity contribution in [2.75, 3.05) is 20.1 Å². The maximum atomic E-state index is 4.56. The Kier molecular flexibility index (Phi) is 6.59. The van der Waals surface area contributed by atoms with E-state index in [0.29, 0.717) is 0 Å². The quantitative estimate of drug-likeness (QED) is 0.632. The molecule has 1 aromatic carbocycles. The zero-order valence-corrected chi connectivity index (χ0v) is 15.3. The van der Waals surface area contributed by atoms with E-state index in [1.54, 1.807) is 18.4 Å². The van der Waals surface area contributed by atoms with E-state index in [-0.39, 0.29) is 0 Å². The second-order valence-electron chi connectivity index (χ2n) is 5.66. The fourth-order valence-electron chi connectivity index (χ4n) is 2.35. The summed E-state index contributed by atoms with van der Waals surface area (Å²) in [5, 5.41) is 7.90. The summed E-state index contributed by atoms with van der Waals surface area (Å²) in [6, 6.07) is 8.62. The van der Waals surface area contributed by atoms with Crippen LogP contribution >= 0.6 is 11.3 Å². The minimum absolute atomic E-state index is 0.844. The summed E-state index contributed by atoms with van der Waals surface area (Å²) in [6.45, 7) is 8.03. The molecule has 0 unspecified atom stereocenters. The van der Waals surface area contributed by atoms with E-state index in [0.717, 1.165) is 37.6 Å².